The van der Waals surface area contributed by atoms with Crippen molar-refractivity contribution in [1.82, 2.24) is 0 Å². The highest BCUT2D eigenvalue weighted by Gasteiger charge is 1.91. The van der Waals surface area contributed by atoms with Crippen molar-refractivity contribution >= 4 is 0 Å². The van der Waals surface area contributed by atoms with E-state index in [9.17, 15) is 0 Å². The quantitative estimate of drug-likeness (QED) is 0.373. The van der Waals surface area contributed by atoms with Crippen LogP contribution in [0.1, 0.15) is 77.6 Å². The normalized spacial score (nSPS) is 11.4. The van der Waals surface area contributed by atoms with Crippen LogP contribution in [0, 0.1) is 0 Å². The third-order valence-electron chi connectivity index (χ3n) is 2.93. The molecule has 0 spiro atoms. The Balaban J connectivity index is 2.90. The lowest BCUT2D eigenvalue weighted by molar-refractivity contribution is 0.282. The Bertz CT molecular complexity index is 140. The van der Waals surface area contributed by atoms with Gasteiger partial charge in [0.1, 0.15) is 0 Å². The Morgan fingerprint density at radius 1 is 0.688 bits per heavy atom. The Hall–Kier alpha value is -0.300. The van der Waals surface area contributed by atoms with Crippen molar-refractivity contribution in [2.75, 3.05) is 6.61 Å². The van der Waals surface area contributed by atoms with Crippen molar-refractivity contribution in [3.05, 3.63) is 12.2 Å². The molecular formula is C15H30O. The third kappa shape index (κ3) is 13.7. The SMILES string of the molecule is CC/C=C/CCCCCCCCCCCO. The van der Waals surface area contributed by atoms with E-state index in [2.05, 4.69) is 19.1 Å². The minimum atomic E-state index is 0.366. The Kier molecular flexibility index (Phi) is 14.4. The minimum absolute atomic E-state index is 0.366. The molecule has 1 nitrogen and oxygen atoms in total. The van der Waals surface area contributed by atoms with Gasteiger partial charge >= 0.3 is 0 Å². The van der Waals surface area contributed by atoms with E-state index < -0.39 is 0 Å². The molecule has 1 heteroatoms. The first-order chi connectivity index (χ1) is 7.91. The van der Waals surface area contributed by atoms with Gasteiger partial charge in [0.2, 0.25) is 0 Å². The van der Waals surface area contributed by atoms with Gasteiger partial charge in [-0.2, -0.15) is 0 Å². The summed E-state index contributed by atoms with van der Waals surface area (Å²) in [5.41, 5.74) is 0. The molecule has 0 unspecified atom stereocenters. The molecule has 0 amide bonds. The van der Waals surface area contributed by atoms with Gasteiger partial charge in [-0.1, -0.05) is 64.0 Å². The monoisotopic (exact) mass is 226 g/mol. The van der Waals surface area contributed by atoms with Crippen LogP contribution in [0.2, 0.25) is 0 Å². The third-order valence-corrected chi connectivity index (χ3v) is 2.93. The van der Waals surface area contributed by atoms with Gasteiger partial charge in [-0.15, -0.1) is 0 Å². The van der Waals surface area contributed by atoms with E-state index in [1.807, 2.05) is 0 Å². The second kappa shape index (κ2) is 14.7. The molecule has 0 rings (SSSR count). The van der Waals surface area contributed by atoms with Crippen LogP contribution in [-0.4, -0.2) is 11.7 Å². The van der Waals surface area contributed by atoms with Crippen molar-refractivity contribution in [3.63, 3.8) is 0 Å². The molecule has 0 saturated heterocycles. The van der Waals surface area contributed by atoms with Crippen molar-refractivity contribution in [2.24, 2.45) is 0 Å². The lowest BCUT2D eigenvalue weighted by Gasteiger charge is -2.01. The van der Waals surface area contributed by atoms with Crippen molar-refractivity contribution in [2.45, 2.75) is 77.6 Å². The summed E-state index contributed by atoms with van der Waals surface area (Å²) in [6.45, 7) is 2.55. The molecule has 16 heavy (non-hydrogen) atoms. The number of aliphatic hydroxyl groups is 1. The molecule has 96 valence electrons. The van der Waals surface area contributed by atoms with Crippen LogP contribution < -0.4 is 0 Å². The minimum Gasteiger partial charge on any atom is -0.396 e. The fourth-order valence-corrected chi connectivity index (χ4v) is 1.90. The maximum atomic E-state index is 8.62. The maximum Gasteiger partial charge on any atom is 0.0431 e. The Morgan fingerprint density at radius 2 is 1.19 bits per heavy atom. The second-order valence-electron chi connectivity index (χ2n) is 4.57. The number of hydrogen-bond donors (Lipinski definition) is 1. The predicted octanol–water partition coefficient (Wildman–Crippen LogP) is 4.85. The van der Waals surface area contributed by atoms with Gasteiger partial charge in [-0.25, -0.2) is 0 Å². The van der Waals surface area contributed by atoms with Crippen LogP contribution >= 0.6 is 0 Å². The highest BCUT2D eigenvalue weighted by Crippen LogP contribution is 2.10. The van der Waals surface area contributed by atoms with E-state index in [1.165, 1.54) is 64.2 Å². The molecule has 0 aromatic carbocycles. The summed E-state index contributed by atoms with van der Waals surface area (Å²) in [5.74, 6) is 0. The summed E-state index contributed by atoms with van der Waals surface area (Å²) in [6, 6.07) is 0. The number of aliphatic hydroxyl groups excluding tert-OH is 1. The molecule has 0 saturated carbocycles. The summed E-state index contributed by atoms with van der Waals surface area (Å²) < 4.78 is 0. The molecule has 0 bridgehead atoms. The van der Waals surface area contributed by atoms with E-state index >= 15 is 0 Å². The molecule has 0 radical (unpaired) electrons. The Labute approximate surface area is 102 Å². The van der Waals surface area contributed by atoms with Gasteiger partial charge in [-0.3, -0.25) is 0 Å². The van der Waals surface area contributed by atoms with Gasteiger partial charge < -0.3 is 5.11 Å². The summed E-state index contributed by atoms with van der Waals surface area (Å²) >= 11 is 0. The first kappa shape index (κ1) is 15.7. The fourth-order valence-electron chi connectivity index (χ4n) is 1.90. The lowest BCUT2D eigenvalue weighted by Crippen LogP contribution is -1.84. The van der Waals surface area contributed by atoms with Crippen LogP contribution in [0.4, 0.5) is 0 Å². The number of unbranched alkanes of at least 4 members (excludes halogenated alkanes) is 9. The standard InChI is InChI=1S/C15H30O/c1-2-3-4-5-6-7-8-9-10-11-12-13-14-15-16/h3-4,16H,2,5-15H2,1H3/b4-3+. The van der Waals surface area contributed by atoms with Gasteiger partial charge in [-0.05, 0) is 25.7 Å². The van der Waals surface area contributed by atoms with E-state index in [0.717, 1.165) is 6.42 Å². The van der Waals surface area contributed by atoms with Gasteiger partial charge in [0, 0.05) is 6.61 Å². The second-order valence-corrected chi connectivity index (χ2v) is 4.57. The van der Waals surface area contributed by atoms with Crippen LogP contribution in [0.5, 0.6) is 0 Å². The summed E-state index contributed by atoms with van der Waals surface area (Å²) in [6.07, 6.45) is 18.8. The van der Waals surface area contributed by atoms with Crippen molar-refractivity contribution < 1.29 is 5.11 Å². The molecule has 0 aromatic rings. The van der Waals surface area contributed by atoms with E-state index in [-0.39, 0.29) is 0 Å². The highest BCUT2D eigenvalue weighted by molar-refractivity contribution is 4.79. The van der Waals surface area contributed by atoms with E-state index in [0.29, 0.717) is 6.61 Å². The van der Waals surface area contributed by atoms with Crippen LogP contribution in [0.3, 0.4) is 0 Å². The number of allylic oxidation sites excluding steroid dienone is 2. The van der Waals surface area contributed by atoms with E-state index in [4.69, 9.17) is 5.11 Å². The smallest absolute Gasteiger partial charge is 0.0431 e. The topological polar surface area (TPSA) is 20.2 Å². The first-order valence-electron chi connectivity index (χ1n) is 7.17. The number of hydrogen-bond acceptors (Lipinski definition) is 1. The van der Waals surface area contributed by atoms with Crippen LogP contribution in [-0.2, 0) is 0 Å². The summed E-state index contributed by atoms with van der Waals surface area (Å²) in [5, 5.41) is 8.62. The number of rotatable bonds is 12. The largest absolute Gasteiger partial charge is 0.396 e. The molecule has 0 aliphatic heterocycles. The molecule has 0 aromatic heterocycles. The molecule has 0 aliphatic rings. The van der Waals surface area contributed by atoms with Crippen molar-refractivity contribution in [3.8, 4) is 0 Å². The average molecular weight is 226 g/mol. The van der Waals surface area contributed by atoms with Crippen LogP contribution in [0.15, 0.2) is 12.2 Å². The molecule has 0 heterocycles. The molecule has 0 fully saturated rings. The maximum absolute atomic E-state index is 8.62. The fraction of sp³-hybridized carbons (Fsp3) is 0.867. The first-order valence-corrected chi connectivity index (χ1v) is 7.17. The molecular weight excluding hydrogens is 196 g/mol. The molecule has 0 atom stereocenters. The summed E-state index contributed by atoms with van der Waals surface area (Å²) in [4.78, 5) is 0. The van der Waals surface area contributed by atoms with E-state index in [1.54, 1.807) is 0 Å². The van der Waals surface area contributed by atoms with Gasteiger partial charge in [0.05, 0.1) is 0 Å². The molecule has 0 aliphatic carbocycles. The molecule has 1 N–H and O–H groups in total. The zero-order valence-corrected chi connectivity index (χ0v) is 11.1. The van der Waals surface area contributed by atoms with Gasteiger partial charge in [0.25, 0.3) is 0 Å². The van der Waals surface area contributed by atoms with Crippen LogP contribution in [0.25, 0.3) is 0 Å². The van der Waals surface area contributed by atoms with Gasteiger partial charge in [0.15, 0.2) is 0 Å². The highest BCUT2D eigenvalue weighted by atomic mass is 16.2. The predicted molar refractivity (Wildman–Crippen MR) is 72.7 cm³/mol. The lowest BCUT2D eigenvalue weighted by atomic mass is 10.1. The van der Waals surface area contributed by atoms with Crippen molar-refractivity contribution in [1.29, 1.82) is 0 Å². The zero-order valence-electron chi connectivity index (χ0n) is 11.1. The Morgan fingerprint density at radius 3 is 1.69 bits per heavy atom. The average Bonchev–Trinajstić information content (AvgIpc) is 2.31. The zero-order chi connectivity index (χ0) is 11.9. The summed E-state index contributed by atoms with van der Waals surface area (Å²) in [7, 11) is 0.